The van der Waals surface area contributed by atoms with E-state index in [1.54, 1.807) is 6.92 Å². The summed E-state index contributed by atoms with van der Waals surface area (Å²) in [4.78, 5) is 9.18. The van der Waals surface area contributed by atoms with E-state index in [9.17, 15) is 4.79 Å². The van der Waals surface area contributed by atoms with Gasteiger partial charge in [-0.15, -0.1) is 0 Å². The maximum Gasteiger partial charge on any atom is 0.293 e. The van der Waals surface area contributed by atoms with Gasteiger partial charge in [0.15, 0.2) is 0 Å². The van der Waals surface area contributed by atoms with Gasteiger partial charge in [0, 0.05) is 18.0 Å². The summed E-state index contributed by atoms with van der Waals surface area (Å²) < 4.78 is 7.40. The van der Waals surface area contributed by atoms with Crippen molar-refractivity contribution in [2.24, 2.45) is 7.05 Å². The zero-order valence-electron chi connectivity index (χ0n) is 9.31. The van der Waals surface area contributed by atoms with Crippen LogP contribution in [-0.4, -0.2) is 17.6 Å². The molecule has 0 fully saturated rings. The Labute approximate surface area is 103 Å². The summed E-state index contributed by atoms with van der Waals surface area (Å²) in [6, 6.07) is 10.4. The van der Waals surface area contributed by atoms with Gasteiger partial charge in [-0.1, -0.05) is 18.2 Å². The lowest BCUT2D eigenvalue weighted by Crippen LogP contribution is -1.84. The number of aryl methyl sites for hydroxylation is 1. The predicted octanol–water partition coefficient (Wildman–Crippen LogP) is 3.12. The van der Waals surface area contributed by atoms with Crippen LogP contribution in [0.4, 0.5) is 0 Å². The van der Waals surface area contributed by atoms with E-state index < -0.39 is 0 Å². The van der Waals surface area contributed by atoms with Crippen LogP contribution < -0.4 is 0 Å². The van der Waals surface area contributed by atoms with Crippen molar-refractivity contribution in [2.45, 2.75) is 6.92 Å². The number of aromatic nitrogens is 1. The van der Waals surface area contributed by atoms with E-state index in [1.165, 1.54) is 10.9 Å². The molecule has 0 bridgehead atoms. The highest BCUT2D eigenvalue weighted by atomic mass is 79.9. The highest BCUT2D eigenvalue weighted by molar-refractivity contribution is 9.10. The molecule has 0 aliphatic carbocycles. The lowest BCUT2D eigenvalue weighted by molar-refractivity contribution is -0.128. The van der Waals surface area contributed by atoms with Gasteiger partial charge in [-0.2, -0.15) is 0 Å². The van der Waals surface area contributed by atoms with Crippen LogP contribution in [0.5, 0.6) is 0 Å². The molecule has 86 valence electrons. The van der Waals surface area contributed by atoms with Gasteiger partial charge in [-0.25, -0.2) is 0 Å². The van der Waals surface area contributed by atoms with Gasteiger partial charge in [0.2, 0.25) is 0 Å². The van der Waals surface area contributed by atoms with Crippen LogP contribution in [0.25, 0.3) is 10.9 Å². The number of ether oxygens (including phenoxy) is 1. The molecule has 1 aromatic heterocycles. The average Bonchev–Trinajstić information content (AvgIpc) is 2.58. The number of carbonyl (C=O) groups is 1. The van der Waals surface area contributed by atoms with Gasteiger partial charge in [0.25, 0.3) is 6.47 Å². The van der Waals surface area contributed by atoms with E-state index in [4.69, 9.17) is 0 Å². The lowest BCUT2D eigenvalue weighted by atomic mass is 10.2. The van der Waals surface area contributed by atoms with Crippen LogP contribution in [0, 0.1) is 0 Å². The molecule has 0 spiro atoms. The molecule has 16 heavy (non-hydrogen) atoms. The van der Waals surface area contributed by atoms with Crippen molar-refractivity contribution < 1.29 is 9.53 Å². The number of carbonyl (C=O) groups excluding carboxylic acids is 1. The Morgan fingerprint density at radius 2 is 2.12 bits per heavy atom. The number of hydrogen-bond donors (Lipinski definition) is 0. The monoisotopic (exact) mass is 283 g/mol. The highest BCUT2D eigenvalue weighted by Gasteiger charge is 1.99. The molecule has 0 N–H and O–H groups in total. The van der Waals surface area contributed by atoms with Gasteiger partial charge < -0.3 is 9.30 Å². The smallest absolute Gasteiger partial charge is 0.293 e. The molecule has 0 aliphatic rings. The Morgan fingerprint density at radius 1 is 1.44 bits per heavy atom. The molecule has 4 heteroatoms. The van der Waals surface area contributed by atoms with Crippen LogP contribution >= 0.6 is 15.9 Å². The quantitative estimate of drug-likeness (QED) is 0.793. The molecular formula is C12H14BrNO2. The molecule has 2 rings (SSSR count). The SMILES string of the molecule is CCOC=O.Cn1c(Br)cc2ccccc21. The summed E-state index contributed by atoms with van der Waals surface area (Å²) >= 11 is 3.47. The predicted molar refractivity (Wildman–Crippen MR) is 68.3 cm³/mol. The number of para-hydroxylation sites is 1. The fourth-order valence-electron chi connectivity index (χ4n) is 1.32. The zero-order chi connectivity index (χ0) is 12.0. The zero-order valence-corrected chi connectivity index (χ0v) is 10.9. The number of nitrogens with zero attached hydrogens (tertiary/aromatic N) is 1. The van der Waals surface area contributed by atoms with Crippen LogP contribution in [0.15, 0.2) is 34.9 Å². The molecule has 0 saturated heterocycles. The average molecular weight is 284 g/mol. The first-order valence-electron chi connectivity index (χ1n) is 4.96. The largest absolute Gasteiger partial charge is 0.468 e. The number of halogens is 1. The minimum Gasteiger partial charge on any atom is -0.468 e. The summed E-state index contributed by atoms with van der Waals surface area (Å²) in [6.45, 7) is 2.66. The molecule has 1 aromatic carbocycles. The van der Waals surface area contributed by atoms with E-state index in [1.807, 2.05) is 7.05 Å². The van der Waals surface area contributed by atoms with Crippen molar-refractivity contribution in [2.75, 3.05) is 6.61 Å². The number of benzene rings is 1. The van der Waals surface area contributed by atoms with Crippen molar-refractivity contribution in [3.63, 3.8) is 0 Å². The maximum atomic E-state index is 9.18. The Balaban J connectivity index is 0.000000221. The highest BCUT2D eigenvalue weighted by Crippen LogP contribution is 2.21. The third-order valence-corrected chi connectivity index (χ3v) is 2.89. The summed E-state index contributed by atoms with van der Waals surface area (Å²) in [5, 5.41) is 1.28. The van der Waals surface area contributed by atoms with E-state index in [0.29, 0.717) is 13.1 Å². The van der Waals surface area contributed by atoms with Crippen molar-refractivity contribution in [1.82, 2.24) is 4.57 Å². The van der Waals surface area contributed by atoms with Gasteiger partial charge in [0.1, 0.15) is 0 Å². The third-order valence-electron chi connectivity index (χ3n) is 2.13. The molecule has 0 amide bonds. The summed E-state index contributed by atoms with van der Waals surface area (Å²) in [5.74, 6) is 0. The van der Waals surface area contributed by atoms with Crippen molar-refractivity contribution in [1.29, 1.82) is 0 Å². The van der Waals surface area contributed by atoms with E-state index >= 15 is 0 Å². The number of fused-ring (bicyclic) bond motifs is 1. The van der Waals surface area contributed by atoms with Crippen molar-refractivity contribution in [3.05, 3.63) is 34.9 Å². The fourth-order valence-corrected chi connectivity index (χ4v) is 1.76. The van der Waals surface area contributed by atoms with Crippen LogP contribution in [-0.2, 0) is 16.6 Å². The first-order chi connectivity index (χ1) is 7.70. The van der Waals surface area contributed by atoms with E-state index in [-0.39, 0.29) is 0 Å². The molecule has 2 aromatic rings. The van der Waals surface area contributed by atoms with Gasteiger partial charge in [-0.05, 0) is 35.0 Å². The molecule has 0 atom stereocenters. The van der Waals surface area contributed by atoms with Gasteiger partial charge in [0.05, 0.1) is 11.2 Å². The second-order valence-electron chi connectivity index (χ2n) is 3.14. The summed E-state index contributed by atoms with van der Waals surface area (Å²) in [5.41, 5.74) is 1.26. The lowest BCUT2D eigenvalue weighted by Gasteiger charge is -1.95. The third kappa shape index (κ3) is 3.10. The van der Waals surface area contributed by atoms with Gasteiger partial charge in [-0.3, -0.25) is 4.79 Å². The molecule has 0 saturated carbocycles. The minimum absolute atomic E-state index is 0.431. The second kappa shape index (κ2) is 6.33. The standard InChI is InChI=1S/C9H8BrN.C3H6O2/c1-11-8-5-3-2-4-7(8)6-9(11)10;1-2-5-3-4/h2-6H,1H3;3H,2H2,1H3. The molecule has 0 unspecified atom stereocenters. The Morgan fingerprint density at radius 3 is 2.62 bits per heavy atom. The van der Waals surface area contributed by atoms with Gasteiger partial charge >= 0.3 is 0 Å². The van der Waals surface area contributed by atoms with Crippen molar-refractivity contribution in [3.8, 4) is 0 Å². The molecule has 0 radical (unpaired) electrons. The van der Waals surface area contributed by atoms with Crippen molar-refractivity contribution >= 4 is 33.3 Å². The second-order valence-corrected chi connectivity index (χ2v) is 3.95. The van der Waals surface area contributed by atoms with Crippen LogP contribution in [0.1, 0.15) is 6.92 Å². The van der Waals surface area contributed by atoms with E-state index in [2.05, 4.69) is 55.6 Å². The van der Waals surface area contributed by atoms with Crippen LogP contribution in [0.2, 0.25) is 0 Å². The summed E-state index contributed by atoms with van der Waals surface area (Å²) in [7, 11) is 2.05. The Bertz CT molecular complexity index is 465. The Kier molecular flexibility index (Phi) is 5.05. The summed E-state index contributed by atoms with van der Waals surface area (Å²) in [6.07, 6.45) is 0. The van der Waals surface area contributed by atoms with Crippen LogP contribution in [0.3, 0.4) is 0 Å². The molecule has 0 aliphatic heterocycles. The normalized spacial score (nSPS) is 9.44. The Hall–Kier alpha value is -1.29. The van der Waals surface area contributed by atoms with E-state index in [0.717, 1.165) is 4.60 Å². The fraction of sp³-hybridized carbons (Fsp3) is 0.250. The first kappa shape index (κ1) is 12.8. The molecular weight excluding hydrogens is 270 g/mol. The molecule has 1 heterocycles. The maximum absolute atomic E-state index is 9.18. The topological polar surface area (TPSA) is 31.2 Å². The molecule has 3 nitrogen and oxygen atoms in total. The number of hydrogen-bond acceptors (Lipinski definition) is 2. The minimum atomic E-state index is 0.431. The number of rotatable bonds is 2. The first-order valence-corrected chi connectivity index (χ1v) is 5.75.